The van der Waals surface area contributed by atoms with Gasteiger partial charge in [-0.05, 0) is 0 Å². The molecule has 0 aromatic heterocycles. The van der Waals surface area contributed by atoms with E-state index in [9.17, 15) is 0 Å². The molecule has 0 amide bonds. The van der Waals surface area contributed by atoms with E-state index in [-0.39, 0.29) is 49.6 Å². The first-order valence-electron chi connectivity index (χ1n) is 1.26. The summed E-state index contributed by atoms with van der Waals surface area (Å²) >= 11 is 0. The molecule has 0 unspecified atom stereocenters. The van der Waals surface area contributed by atoms with Gasteiger partial charge in [-0.2, -0.15) is 28.0 Å². The zero-order valence-electron chi connectivity index (χ0n) is 7.43. The normalized spacial score (nSPS) is 7.06. The smallest absolute Gasteiger partial charge is 0.412 e. The van der Waals surface area contributed by atoms with Gasteiger partial charge in [-0.25, -0.2) is 0 Å². The van der Waals surface area contributed by atoms with Crippen LogP contribution in [0.15, 0.2) is 0 Å². The van der Waals surface area contributed by atoms with Gasteiger partial charge in [0.2, 0.25) is 0 Å². The number of hydrogen-bond donors (Lipinski definition) is 2. The van der Waals surface area contributed by atoms with Crippen molar-refractivity contribution < 1.29 is 107 Å². The first-order valence-corrected chi connectivity index (χ1v) is 3.79. The Balaban J connectivity index is -0.00000000762. The van der Waals surface area contributed by atoms with Crippen molar-refractivity contribution in [2.45, 2.75) is 0 Å². The summed E-state index contributed by atoms with van der Waals surface area (Å²) in [6.45, 7) is 0. The number of hydrogen-bond acceptors (Lipinski definition) is 8. The summed E-state index contributed by atoms with van der Waals surface area (Å²) in [4.78, 5) is 0. The van der Waals surface area contributed by atoms with Crippen LogP contribution in [0.2, 0.25) is 0 Å². The Hall–Kier alpha value is 0.526. The maximum atomic E-state index is 8.60. The molecule has 0 fully saturated rings. The Morgan fingerprint density at radius 3 is 0.471 bits per heavy atom. The van der Waals surface area contributed by atoms with Crippen molar-refractivity contribution in [2.75, 3.05) is 0 Å². The molecule has 0 heterocycles. The maximum absolute atomic E-state index is 8.60. The molecule has 17 heavy (non-hydrogen) atoms. The minimum Gasteiger partial charge on any atom is -0.412 e. The van der Waals surface area contributed by atoms with E-state index < -0.39 is 20.5 Å². The first kappa shape index (κ1) is 65.8. The van der Waals surface area contributed by atoms with Crippen molar-refractivity contribution in [3.63, 3.8) is 0 Å². The molecule has 1 radical (unpaired) electrons. The second-order valence-corrected chi connectivity index (χ2v) is 2.38. The first-order chi connectivity index (χ1) is 4.00. The summed E-state index contributed by atoms with van der Waals surface area (Å²) in [6.07, 6.45) is 0. The van der Waals surface area contributed by atoms with Crippen molar-refractivity contribution in [1.82, 2.24) is 0 Å². The molecule has 119 valence electrons. The van der Waals surface area contributed by atoms with Crippen LogP contribution in [0.1, 0.15) is 0 Å². The van der Waals surface area contributed by atoms with E-state index >= 15 is 0 Å². The van der Waals surface area contributed by atoms with Gasteiger partial charge >= 0.3 is 16.8 Å². The third-order valence-electron chi connectivity index (χ3n) is 0. The topological polar surface area (TPSA) is 368 Å². The summed E-state index contributed by atoms with van der Waals surface area (Å²) < 4.78 is 65.4. The average molecular weight is 368 g/mol. The second kappa shape index (κ2) is 25.4. The van der Waals surface area contributed by atoms with Crippen molar-refractivity contribution in [3.05, 3.63) is 0 Å². The molecular weight excluding hydrogens is 354 g/mol. The Labute approximate surface area is 108 Å². The molecule has 0 saturated heterocycles. The predicted octanol–water partition coefficient (Wildman–Crippen LogP) is -13.2. The third-order valence-corrected chi connectivity index (χ3v) is 0. The van der Waals surface area contributed by atoms with Gasteiger partial charge in [0, 0.05) is 0 Å². The fourth-order valence-corrected chi connectivity index (χ4v) is 0. The number of rotatable bonds is 0. The minimum absolute atomic E-state index is 0. The van der Waals surface area contributed by atoms with Crippen LogP contribution in [0, 0.1) is 20.5 Å². The molecule has 0 aliphatic carbocycles. The Morgan fingerprint density at radius 2 is 0.471 bits per heavy atom. The second-order valence-electron chi connectivity index (χ2n) is 0.792. The summed E-state index contributed by atoms with van der Waals surface area (Å²) in [5.74, 6) is 0. The summed E-state index contributed by atoms with van der Waals surface area (Å²) in [6, 6.07) is 0. The molecule has 17 heteroatoms. The van der Waals surface area contributed by atoms with Gasteiger partial charge in [0.1, 0.15) is 0 Å². The molecular formula is H14Cl2CoO14+2. The van der Waals surface area contributed by atoms with Crippen LogP contribution >= 0.6 is 0 Å². The minimum atomic E-state index is -4.69. The average Bonchev–Trinajstić information content (AvgIpc) is 1.12. The van der Waals surface area contributed by atoms with E-state index in [0.29, 0.717) is 0 Å². The maximum Gasteiger partial charge on any atom is 2.00 e. The molecule has 0 saturated carbocycles. The van der Waals surface area contributed by atoms with Crippen molar-refractivity contribution in [2.24, 2.45) is 0 Å². The molecule has 14 N–H and O–H groups in total. The molecule has 14 nitrogen and oxygen atoms in total. The molecule has 0 aliphatic rings. The SMILES string of the molecule is O.O.O.O.O.O.[Co+2].[O-][Cl+3]([O-])([O-])O.[O-][Cl+3]([O-])([O-])O. The van der Waals surface area contributed by atoms with Gasteiger partial charge in [0.05, 0.1) is 29.8 Å². The van der Waals surface area contributed by atoms with Crippen LogP contribution in [-0.4, -0.2) is 42.2 Å². The van der Waals surface area contributed by atoms with Gasteiger partial charge in [0.25, 0.3) is 0 Å². The largest absolute Gasteiger partial charge is 2.00 e. The molecule has 0 atom stereocenters. The van der Waals surface area contributed by atoms with E-state index in [1.807, 2.05) is 0 Å². The van der Waals surface area contributed by atoms with E-state index in [2.05, 4.69) is 0 Å². The molecule has 0 aliphatic heterocycles. The zero-order valence-corrected chi connectivity index (χ0v) is 9.99. The Morgan fingerprint density at radius 1 is 0.471 bits per heavy atom. The van der Waals surface area contributed by atoms with Crippen LogP contribution in [0.25, 0.3) is 0 Å². The monoisotopic (exact) mass is 367 g/mol. The predicted molar refractivity (Wildman–Crippen MR) is 26.1 cm³/mol. The van der Waals surface area contributed by atoms with E-state index in [4.69, 9.17) is 37.3 Å². The third kappa shape index (κ3) is 12600. The van der Waals surface area contributed by atoms with Gasteiger partial charge in [-0.15, -0.1) is 0 Å². The van der Waals surface area contributed by atoms with E-state index in [1.54, 1.807) is 0 Å². The quantitative estimate of drug-likeness (QED) is 0.412. The van der Waals surface area contributed by atoms with E-state index in [0.717, 1.165) is 0 Å². The van der Waals surface area contributed by atoms with Crippen molar-refractivity contribution >= 4 is 0 Å². The van der Waals surface area contributed by atoms with Crippen molar-refractivity contribution in [3.8, 4) is 0 Å². The summed E-state index contributed by atoms with van der Waals surface area (Å²) in [7, 11) is -9.39. The van der Waals surface area contributed by atoms with Crippen LogP contribution in [0.5, 0.6) is 0 Å². The molecule has 0 aromatic carbocycles. The number of halogens is 2. The van der Waals surface area contributed by atoms with Crippen LogP contribution in [-0.2, 0) is 16.8 Å². The fraction of sp³-hybridized carbons (Fsp3) is 0. The molecule has 0 bridgehead atoms. The van der Waals surface area contributed by atoms with Crippen LogP contribution < -0.4 is 28.0 Å². The van der Waals surface area contributed by atoms with Crippen molar-refractivity contribution in [1.29, 1.82) is 0 Å². The van der Waals surface area contributed by atoms with Crippen LogP contribution in [0.4, 0.5) is 0 Å². The summed E-state index contributed by atoms with van der Waals surface area (Å²) in [5, 5.41) is 0. The van der Waals surface area contributed by atoms with Gasteiger partial charge in [0.15, 0.2) is 0 Å². The standard InChI is InChI=1S/2ClHO4.Co.6H2O/c2*2-1(3,4)5;;;;;;;/h2*(H,2,3,4,5);;6*1H2/q;;+2;;;;;;. The fourth-order valence-electron chi connectivity index (χ4n) is 0. The van der Waals surface area contributed by atoms with E-state index in [1.165, 1.54) is 0 Å². The summed E-state index contributed by atoms with van der Waals surface area (Å²) in [5.41, 5.74) is 0. The van der Waals surface area contributed by atoms with Crippen LogP contribution in [0.3, 0.4) is 0 Å². The zero-order chi connectivity index (χ0) is 9.00. The van der Waals surface area contributed by atoms with Gasteiger partial charge < -0.3 is 32.9 Å². The Bertz CT molecular complexity index is 57.2. The molecule has 0 spiro atoms. The Kier molecular flexibility index (Phi) is 98.3. The van der Waals surface area contributed by atoms with Gasteiger partial charge in [-0.1, -0.05) is 0 Å². The molecule has 0 rings (SSSR count). The molecule has 0 aromatic rings. The van der Waals surface area contributed by atoms with Gasteiger partial charge in [-0.3, -0.25) is 0 Å².